The molecule has 4 rings (SSSR count). The molecule has 25 heavy (non-hydrogen) atoms. The number of carbonyl (C=O) groups excluding carboxylic acids is 2. The van der Waals surface area contributed by atoms with Gasteiger partial charge in [-0.05, 0) is 30.7 Å². The van der Waals surface area contributed by atoms with Crippen LogP contribution in [0.5, 0.6) is 0 Å². The Balaban J connectivity index is 1.94. The van der Waals surface area contributed by atoms with Crippen LogP contribution in [0.25, 0.3) is 0 Å². The lowest BCUT2D eigenvalue weighted by molar-refractivity contribution is -0.138. The molecular formula is C19H16I2N2O2. The molecule has 2 saturated heterocycles. The number of alkyl halides is 2. The molecule has 2 aromatic carbocycles. The molecule has 2 heterocycles. The summed E-state index contributed by atoms with van der Waals surface area (Å²) >= 11 is 4.62. The summed E-state index contributed by atoms with van der Waals surface area (Å²) in [6.45, 7) is 1.93. The second kappa shape index (κ2) is 5.94. The van der Waals surface area contributed by atoms with Crippen LogP contribution in [0.4, 0.5) is 11.4 Å². The Morgan fingerprint density at radius 2 is 1.24 bits per heavy atom. The second-order valence-corrected chi connectivity index (χ2v) is 11.7. The quantitative estimate of drug-likeness (QED) is 0.319. The number of para-hydroxylation sites is 2. The predicted molar refractivity (Wildman–Crippen MR) is 115 cm³/mol. The molecule has 0 radical (unpaired) electrons. The van der Waals surface area contributed by atoms with E-state index in [9.17, 15) is 9.59 Å². The van der Waals surface area contributed by atoms with Crippen LogP contribution in [0.1, 0.15) is 13.3 Å². The maximum Gasteiger partial charge on any atom is 0.246 e. The minimum Gasteiger partial charge on any atom is -0.288 e. The first kappa shape index (κ1) is 17.3. The van der Waals surface area contributed by atoms with E-state index in [1.807, 2.05) is 67.6 Å². The molecule has 4 nitrogen and oxygen atoms in total. The summed E-state index contributed by atoms with van der Waals surface area (Å²) < 4.78 is -0.545. The minimum absolute atomic E-state index is 0.0906. The Morgan fingerprint density at radius 1 is 0.840 bits per heavy atom. The molecule has 0 spiro atoms. The van der Waals surface area contributed by atoms with E-state index in [1.165, 1.54) is 0 Å². The van der Waals surface area contributed by atoms with Crippen LogP contribution in [-0.4, -0.2) is 19.4 Å². The van der Waals surface area contributed by atoms with Gasteiger partial charge in [-0.1, -0.05) is 88.5 Å². The van der Waals surface area contributed by atoms with Crippen LogP contribution >= 0.6 is 45.2 Å². The van der Waals surface area contributed by atoms with Gasteiger partial charge in [0.25, 0.3) is 0 Å². The number of rotatable bonds is 3. The second-order valence-electron chi connectivity index (χ2n) is 6.28. The van der Waals surface area contributed by atoms with E-state index in [0.717, 1.165) is 11.4 Å². The van der Waals surface area contributed by atoms with Gasteiger partial charge in [0.05, 0.1) is 0 Å². The van der Waals surface area contributed by atoms with E-state index in [4.69, 9.17) is 0 Å². The van der Waals surface area contributed by atoms with Gasteiger partial charge in [-0.2, -0.15) is 0 Å². The summed E-state index contributed by atoms with van der Waals surface area (Å²) in [6, 6.07) is 19.3. The molecule has 0 N–H and O–H groups in total. The molecule has 0 aromatic heterocycles. The summed E-state index contributed by atoms with van der Waals surface area (Å²) in [4.78, 5) is 30.4. The minimum atomic E-state index is -1.04. The van der Waals surface area contributed by atoms with Gasteiger partial charge in [0.15, 0.2) is 5.41 Å². The van der Waals surface area contributed by atoms with Crippen LogP contribution in [0.2, 0.25) is 0 Å². The number of carbonyl (C=O) groups is 2. The number of amides is 2. The normalized spacial score (nSPS) is 27.2. The monoisotopic (exact) mass is 558 g/mol. The van der Waals surface area contributed by atoms with Crippen molar-refractivity contribution in [2.24, 2.45) is 5.41 Å². The molecule has 2 aromatic rings. The third-order valence-corrected chi connectivity index (χ3v) is 8.10. The lowest BCUT2D eigenvalue weighted by Gasteiger charge is -2.38. The van der Waals surface area contributed by atoms with Crippen molar-refractivity contribution in [3.63, 3.8) is 0 Å². The van der Waals surface area contributed by atoms with E-state index >= 15 is 0 Å². The molecule has 0 saturated carbocycles. The van der Waals surface area contributed by atoms with E-state index in [2.05, 4.69) is 45.2 Å². The molecule has 2 bridgehead atoms. The molecule has 0 aliphatic carbocycles. The number of benzene rings is 2. The SMILES string of the molecule is CCC12C(=O)N(c3ccccc3)C(N(c3ccccc3)C1=O)C2(I)I. The van der Waals surface area contributed by atoms with E-state index in [1.54, 1.807) is 9.80 Å². The van der Waals surface area contributed by atoms with Crippen LogP contribution in [0, 0.1) is 5.41 Å². The summed E-state index contributed by atoms with van der Waals surface area (Å²) in [5.41, 5.74) is 0.628. The molecule has 2 amide bonds. The summed E-state index contributed by atoms with van der Waals surface area (Å²) in [5.74, 6) is -0.181. The molecular weight excluding hydrogens is 542 g/mol. The fourth-order valence-corrected chi connectivity index (χ4v) is 6.70. The van der Waals surface area contributed by atoms with Gasteiger partial charge in [-0.15, -0.1) is 0 Å². The van der Waals surface area contributed by atoms with Crippen molar-refractivity contribution in [1.29, 1.82) is 0 Å². The lowest BCUT2D eigenvalue weighted by Crippen LogP contribution is -2.57. The Kier molecular flexibility index (Phi) is 4.10. The van der Waals surface area contributed by atoms with Crippen LogP contribution in [-0.2, 0) is 9.59 Å². The summed E-state index contributed by atoms with van der Waals surface area (Å²) in [5, 5.41) is 0. The van der Waals surface area contributed by atoms with Gasteiger partial charge in [0.2, 0.25) is 11.8 Å². The fourth-order valence-electron chi connectivity index (χ4n) is 3.90. The van der Waals surface area contributed by atoms with E-state index in [-0.39, 0.29) is 18.0 Å². The molecule has 6 heteroatoms. The highest BCUT2D eigenvalue weighted by Crippen LogP contribution is 2.64. The summed E-state index contributed by atoms with van der Waals surface area (Å²) in [6.07, 6.45) is 0.137. The average molecular weight is 558 g/mol. The highest BCUT2D eigenvalue weighted by atomic mass is 127. The van der Waals surface area contributed by atoms with Crippen LogP contribution < -0.4 is 9.80 Å². The number of hydrogen-bond donors (Lipinski definition) is 0. The first-order valence-corrected chi connectivity index (χ1v) is 10.3. The molecule has 0 atom stereocenters. The van der Waals surface area contributed by atoms with Gasteiger partial charge >= 0.3 is 0 Å². The lowest BCUT2D eigenvalue weighted by atomic mass is 9.84. The third-order valence-electron chi connectivity index (χ3n) is 5.15. The zero-order chi connectivity index (χ0) is 17.8. The fraction of sp³-hybridized carbons (Fsp3) is 0.263. The first-order valence-electron chi connectivity index (χ1n) is 8.12. The average Bonchev–Trinajstić information content (AvgIpc) is 2.91. The highest BCUT2D eigenvalue weighted by Gasteiger charge is 2.78. The molecule has 2 fully saturated rings. The third kappa shape index (κ3) is 2.09. The van der Waals surface area contributed by atoms with Crippen molar-refractivity contribution in [3.05, 3.63) is 60.7 Å². The molecule has 128 valence electrons. The van der Waals surface area contributed by atoms with Crippen LogP contribution in [0.15, 0.2) is 60.7 Å². The van der Waals surface area contributed by atoms with Crippen LogP contribution in [0.3, 0.4) is 0 Å². The Morgan fingerprint density at radius 3 is 1.56 bits per heavy atom. The topological polar surface area (TPSA) is 40.6 Å². The zero-order valence-corrected chi connectivity index (χ0v) is 17.8. The van der Waals surface area contributed by atoms with Gasteiger partial charge in [-0.25, -0.2) is 0 Å². The highest BCUT2D eigenvalue weighted by molar-refractivity contribution is 14.2. The number of halogens is 2. The molecule has 0 unspecified atom stereocenters. The zero-order valence-electron chi connectivity index (χ0n) is 13.5. The van der Waals surface area contributed by atoms with Crippen molar-refractivity contribution >= 4 is 68.4 Å². The van der Waals surface area contributed by atoms with Crippen molar-refractivity contribution in [2.45, 2.75) is 20.9 Å². The maximum absolute atomic E-state index is 13.4. The Hall–Kier alpha value is -1.16. The van der Waals surface area contributed by atoms with Crippen molar-refractivity contribution in [2.75, 3.05) is 9.80 Å². The van der Waals surface area contributed by atoms with Gasteiger partial charge in [0, 0.05) is 11.4 Å². The van der Waals surface area contributed by atoms with Crippen molar-refractivity contribution in [3.8, 4) is 0 Å². The molecule has 2 aliphatic rings. The number of hydrogen-bond acceptors (Lipinski definition) is 2. The smallest absolute Gasteiger partial charge is 0.246 e. The van der Waals surface area contributed by atoms with Crippen molar-refractivity contribution < 1.29 is 9.59 Å². The largest absolute Gasteiger partial charge is 0.288 e. The Labute approximate surface area is 173 Å². The first-order chi connectivity index (χ1) is 12.0. The standard InChI is InChI=1S/C19H16I2N2O2/c1-2-18-16(24)22(13-9-5-3-6-10-13)15(19(18,20)21)23(17(18)25)14-11-7-4-8-12-14/h3-12,15H,2H2,1H3. The van der Waals surface area contributed by atoms with Crippen molar-refractivity contribution in [1.82, 2.24) is 0 Å². The van der Waals surface area contributed by atoms with E-state index in [0.29, 0.717) is 6.42 Å². The van der Waals surface area contributed by atoms with Gasteiger partial charge < -0.3 is 0 Å². The number of nitrogens with zero attached hydrogens (tertiary/aromatic N) is 2. The predicted octanol–water partition coefficient (Wildman–Crippen LogP) is 4.37. The molecule has 2 aliphatic heterocycles. The summed E-state index contributed by atoms with van der Waals surface area (Å²) in [7, 11) is 0. The Bertz CT molecular complexity index is 780. The number of anilines is 2. The van der Waals surface area contributed by atoms with E-state index < -0.39 is 6.84 Å². The van der Waals surface area contributed by atoms with Gasteiger partial charge in [0.1, 0.15) is 7.59 Å². The van der Waals surface area contributed by atoms with Gasteiger partial charge in [-0.3, -0.25) is 19.4 Å². The number of fused-ring (bicyclic) bond motifs is 2. The maximum atomic E-state index is 13.4.